The molecule has 16 heavy (non-hydrogen) atoms. The molecular formula is C9H10N2O3S2. The van der Waals surface area contributed by atoms with Gasteiger partial charge in [0.1, 0.15) is 4.21 Å². The van der Waals surface area contributed by atoms with Gasteiger partial charge in [0.15, 0.2) is 6.10 Å². The third kappa shape index (κ3) is 2.10. The Morgan fingerprint density at radius 2 is 2.44 bits per heavy atom. The number of rotatable bonds is 2. The van der Waals surface area contributed by atoms with E-state index in [9.17, 15) is 8.42 Å². The predicted octanol–water partition coefficient (Wildman–Crippen LogP) is 0.661. The van der Waals surface area contributed by atoms with Crippen molar-refractivity contribution in [2.75, 3.05) is 19.7 Å². The third-order valence-electron chi connectivity index (χ3n) is 2.26. The second kappa shape index (κ2) is 4.51. The van der Waals surface area contributed by atoms with Crippen molar-refractivity contribution in [1.82, 2.24) is 4.31 Å². The number of sulfonamides is 1. The first-order valence-corrected chi connectivity index (χ1v) is 7.01. The molecule has 0 radical (unpaired) electrons. The molecule has 0 spiro atoms. The molecule has 2 heterocycles. The Labute approximate surface area is 97.9 Å². The first kappa shape index (κ1) is 11.5. The Kier molecular flexibility index (Phi) is 3.25. The maximum atomic E-state index is 12.1. The number of morpholine rings is 1. The molecule has 1 aromatic rings. The van der Waals surface area contributed by atoms with E-state index in [-0.39, 0.29) is 13.2 Å². The zero-order valence-electron chi connectivity index (χ0n) is 8.37. The maximum Gasteiger partial charge on any atom is 0.252 e. The van der Waals surface area contributed by atoms with Crippen LogP contribution in [0.15, 0.2) is 21.7 Å². The number of nitrogens with zero attached hydrogens (tertiary/aromatic N) is 2. The average molecular weight is 258 g/mol. The molecular weight excluding hydrogens is 248 g/mol. The number of nitriles is 1. The lowest BCUT2D eigenvalue weighted by Gasteiger charge is -2.28. The zero-order chi connectivity index (χ0) is 11.6. The summed E-state index contributed by atoms with van der Waals surface area (Å²) in [5, 5.41) is 10.4. The van der Waals surface area contributed by atoms with Gasteiger partial charge in [0.25, 0.3) is 10.0 Å². The van der Waals surface area contributed by atoms with Crippen LogP contribution >= 0.6 is 11.3 Å². The quantitative estimate of drug-likeness (QED) is 0.781. The molecule has 7 heteroatoms. The standard InChI is InChI=1S/C9H10N2O3S2/c10-6-8-7-11(3-4-14-8)16(12,13)9-2-1-5-15-9/h1-2,5,8H,3-4,7H2. The molecule has 1 aliphatic rings. The van der Waals surface area contributed by atoms with Crippen molar-refractivity contribution in [3.63, 3.8) is 0 Å². The van der Waals surface area contributed by atoms with Crippen LogP contribution in [0, 0.1) is 11.3 Å². The van der Waals surface area contributed by atoms with E-state index < -0.39 is 16.1 Å². The van der Waals surface area contributed by atoms with Crippen molar-refractivity contribution in [2.45, 2.75) is 10.3 Å². The van der Waals surface area contributed by atoms with Gasteiger partial charge in [-0.05, 0) is 11.4 Å². The van der Waals surface area contributed by atoms with Crippen LogP contribution in [0.3, 0.4) is 0 Å². The first-order valence-electron chi connectivity index (χ1n) is 4.69. The Morgan fingerprint density at radius 3 is 3.06 bits per heavy atom. The molecule has 86 valence electrons. The predicted molar refractivity (Wildman–Crippen MR) is 58.4 cm³/mol. The first-order chi connectivity index (χ1) is 7.64. The fraction of sp³-hybridized carbons (Fsp3) is 0.444. The second-order valence-corrected chi connectivity index (χ2v) is 6.40. The van der Waals surface area contributed by atoms with Crippen molar-refractivity contribution in [1.29, 1.82) is 5.26 Å². The van der Waals surface area contributed by atoms with Crippen LogP contribution in [0.25, 0.3) is 0 Å². The number of thiophene rings is 1. The van der Waals surface area contributed by atoms with E-state index in [0.29, 0.717) is 10.8 Å². The molecule has 1 aromatic heterocycles. The van der Waals surface area contributed by atoms with Gasteiger partial charge in [-0.1, -0.05) is 6.07 Å². The van der Waals surface area contributed by atoms with Gasteiger partial charge in [-0.3, -0.25) is 0 Å². The second-order valence-electron chi connectivity index (χ2n) is 3.28. The van der Waals surface area contributed by atoms with Crippen molar-refractivity contribution < 1.29 is 13.2 Å². The number of hydrogen-bond donors (Lipinski definition) is 0. The average Bonchev–Trinajstić information content (AvgIpc) is 2.83. The summed E-state index contributed by atoms with van der Waals surface area (Å²) in [6, 6.07) is 5.19. The summed E-state index contributed by atoms with van der Waals surface area (Å²) in [7, 11) is -3.44. The lowest BCUT2D eigenvalue weighted by atomic mass is 10.3. The SMILES string of the molecule is N#CC1CN(S(=O)(=O)c2cccs2)CCO1. The molecule has 2 rings (SSSR count). The minimum absolute atomic E-state index is 0.108. The highest BCUT2D eigenvalue weighted by molar-refractivity contribution is 7.91. The van der Waals surface area contributed by atoms with Crippen molar-refractivity contribution >= 4 is 21.4 Å². The van der Waals surface area contributed by atoms with Crippen LogP contribution in [0.1, 0.15) is 0 Å². The van der Waals surface area contributed by atoms with E-state index in [1.807, 2.05) is 6.07 Å². The summed E-state index contributed by atoms with van der Waals surface area (Å²) in [4.78, 5) is 0. The van der Waals surface area contributed by atoms with Crippen molar-refractivity contribution in [3.05, 3.63) is 17.5 Å². The van der Waals surface area contributed by atoms with Gasteiger partial charge in [0, 0.05) is 6.54 Å². The molecule has 1 unspecified atom stereocenters. The summed E-state index contributed by atoms with van der Waals surface area (Å²) in [5.41, 5.74) is 0. The molecule has 0 N–H and O–H groups in total. The highest BCUT2D eigenvalue weighted by atomic mass is 32.2. The Balaban J connectivity index is 2.22. The minimum atomic E-state index is -3.44. The minimum Gasteiger partial charge on any atom is -0.361 e. The Hall–Kier alpha value is -0.940. The zero-order valence-corrected chi connectivity index (χ0v) is 10.00. The summed E-state index contributed by atoms with van der Waals surface area (Å²) < 4.78 is 30.9. The van der Waals surface area contributed by atoms with Crippen LogP contribution in [0.4, 0.5) is 0 Å². The molecule has 1 aliphatic heterocycles. The topological polar surface area (TPSA) is 70.4 Å². The maximum absolute atomic E-state index is 12.1. The fourth-order valence-corrected chi connectivity index (χ4v) is 4.03. The van der Waals surface area contributed by atoms with Gasteiger partial charge in [-0.2, -0.15) is 9.57 Å². The Morgan fingerprint density at radius 1 is 1.62 bits per heavy atom. The number of ether oxygens (including phenoxy) is 1. The third-order valence-corrected chi connectivity index (χ3v) is 5.50. The van der Waals surface area contributed by atoms with E-state index in [1.54, 1.807) is 17.5 Å². The molecule has 1 saturated heterocycles. The Bertz CT molecular complexity index is 489. The van der Waals surface area contributed by atoms with Gasteiger partial charge in [-0.25, -0.2) is 8.42 Å². The molecule has 0 amide bonds. The lowest BCUT2D eigenvalue weighted by Crippen LogP contribution is -2.44. The van der Waals surface area contributed by atoms with Crippen LogP contribution in [-0.4, -0.2) is 38.5 Å². The molecule has 1 atom stereocenters. The smallest absolute Gasteiger partial charge is 0.252 e. The molecule has 0 saturated carbocycles. The van der Waals surface area contributed by atoms with Gasteiger partial charge in [0.05, 0.1) is 19.2 Å². The normalized spacial score (nSPS) is 22.8. The molecule has 0 aromatic carbocycles. The van der Waals surface area contributed by atoms with E-state index in [2.05, 4.69) is 0 Å². The molecule has 1 fully saturated rings. The van der Waals surface area contributed by atoms with Crippen molar-refractivity contribution in [2.24, 2.45) is 0 Å². The highest BCUT2D eigenvalue weighted by Gasteiger charge is 2.31. The van der Waals surface area contributed by atoms with E-state index in [4.69, 9.17) is 10.00 Å². The summed E-state index contributed by atoms with van der Waals surface area (Å²) >= 11 is 1.18. The van der Waals surface area contributed by atoms with Gasteiger partial charge in [0.2, 0.25) is 0 Å². The molecule has 5 nitrogen and oxygen atoms in total. The van der Waals surface area contributed by atoms with E-state index in [1.165, 1.54) is 15.6 Å². The van der Waals surface area contributed by atoms with E-state index in [0.717, 1.165) is 0 Å². The summed E-state index contributed by atoms with van der Waals surface area (Å²) in [6.07, 6.45) is -0.663. The molecule has 0 bridgehead atoms. The van der Waals surface area contributed by atoms with Crippen molar-refractivity contribution in [3.8, 4) is 6.07 Å². The highest BCUT2D eigenvalue weighted by Crippen LogP contribution is 2.22. The number of hydrogen-bond acceptors (Lipinski definition) is 5. The molecule has 0 aliphatic carbocycles. The van der Waals surface area contributed by atoms with Gasteiger partial charge < -0.3 is 4.74 Å². The largest absolute Gasteiger partial charge is 0.361 e. The van der Waals surface area contributed by atoms with Crippen LogP contribution in [-0.2, 0) is 14.8 Å². The van der Waals surface area contributed by atoms with E-state index >= 15 is 0 Å². The monoisotopic (exact) mass is 258 g/mol. The van der Waals surface area contributed by atoms with Crippen LogP contribution < -0.4 is 0 Å². The van der Waals surface area contributed by atoms with Crippen LogP contribution in [0.2, 0.25) is 0 Å². The van der Waals surface area contributed by atoms with Gasteiger partial charge >= 0.3 is 0 Å². The summed E-state index contributed by atoms with van der Waals surface area (Å²) in [5.74, 6) is 0. The summed E-state index contributed by atoms with van der Waals surface area (Å²) in [6.45, 7) is 0.679. The van der Waals surface area contributed by atoms with Crippen LogP contribution in [0.5, 0.6) is 0 Å². The van der Waals surface area contributed by atoms with Gasteiger partial charge in [-0.15, -0.1) is 11.3 Å². The fourth-order valence-electron chi connectivity index (χ4n) is 1.46. The lowest BCUT2D eigenvalue weighted by molar-refractivity contribution is 0.0312.